The molecule has 1 atom stereocenters. The fraction of sp³-hybridized carbons (Fsp3) is 1.00. The van der Waals surface area contributed by atoms with Crippen molar-refractivity contribution in [3.8, 4) is 0 Å². The summed E-state index contributed by atoms with van der Waals surface area (Å²) in [6.07, 6.45) is 26.0. The van der Waals surface area contributed by atoms with Gasteiger partial charge in [-0.1, -0.05) is 96.8 Å². The van der Waals surface area contributed by atoms with Gasteiger partial charge in [0.2, 0.25) is 0 Å². The first kappa shape index (κ1) is 22.4. The lowest BCUT2D eigenvalue weighted by Gasteiger charge is -2.03. The minimum absolute atomic E-state index is 0.706. The van der Waals surface area contributed by atoms with E-state index in [1.807, 2.05) is 0 Å². The molecule has 0 nitrogen and oxygen atoms in total. The summed E-state index contributed by atoms with van der Waals surface area (Å²) in [5, 5.41) is 0. The van der Waals surface area contributed by atoms with Crippen molar-refractivity contribution in [3.63, 3.8) is 0 Å². The van der Waals surface area contributed by atoms with Crippen LogP contribution in [0.4, 0.5) is 0 Å². The normalized spacial score (nSPS) is 12.7. The molecule has 0 N–H and O–H groups in total. The Morgan fingerprint density at radius 1 is 0.455 bits per heavy atom. The Bertz CT molecular complexity index is 190. The van der Waals surface area contributed by atoms with Gasteiger partial charge in [-0.15, -0.1) is 0 Å². The molecule has 0 aromatic heterocycles. The maximum atomic E-state index is 2.42. The number of rotatable bonds is 18. The van der Waals surface area contributed by atoms with E-state index >= 15 is 0 Å². The summed E-state index contributed by atoms with van der Waals surface area (Å²) in [6, 6.07) is 0. The number of hydrogen-bond donors (Lipinski definition) is 0. The van der Waals surface area contributed by atoms with Gasteiger partial charge in [-0.2, -0.15) is 0 Å². The van der Waals surface area contributed by atoms with Crippen LogP contribution in [0, 0.1) is 0 Å². The van der Waals surface area contributed by atoms with E-state index in [2.05, 4.69) is 20.1 Å². The van der Waals surface area contributed by atoms with Crippen LogP contribution < -0.4 is 0 Å². The molecule has 0 saturated heterocycles. The van der Waals surface area contributed by atoms with E-state index in [0.29, 0.717) is 10.9 Å². The maximum absolute atomic E-state index is 2.42. The Labute approximate surface area is 145 Å². The molecule has 1 heteroatoms. The molecule has 134 valence electrons. The van der Waals surface area contributed by atoms with Gasteiger partial charge in [-0.3, -0.25) is 0 Å². The van der Waals surface area contributed by atoms with Gasteiger partial charge in [-0.05, 0) is 30.7 Å². The Kier molecular flexibility index (Phi) is 19.7. The molecule has 1 unspecified atom stereocenters. The van der Waals surface area contributed by atoms with E-state index in [0.717, 1.165) is 0 Å². The first-order valence-corrected chi connectivity index (χ1v) is 12.4. The Morgan fingerprint density at radius 2 is 0.773 bits per heavy atom. The lowest BCUT2D eigenvalue weighted by atomic mass is 10.0. The highest BCUT2D eigenvalue weighted by atomic mass is 32.2. The summed E-state index contributed by atoms with van der Waals surface area (Å²) in [5.41, 5.74) is 0. The van der Waals surface area contributed by atoms with Gasteiger partial charge in [0.05, 0.1) is 6.26 Å². The fourth-order valence-electron chi connectivity index (χ4n) is 3.04. The second-order valence-electron chi connectivity index (χ2n) is 7.08. The van der Waals surface area contributed by atoms with Crippen LogP contribution >= 0.6 is 0 Å². The zero-order chi connectivity index (χ0) is 16.3. The van der Waals surface area contributed by atoms with Crippen LogP contribution in [0.3, 0.4) is 0 Å². The molecule has 0 aliphatic carbocycles. The molecule has 0 radical (unpaired) electrons. The van der Waals surface area contributed by atoms with E-state index in [-0.39, 0.29) is 0 Å². The summed E-state index contributed by atoms with van der Waals surface area (Å²) in [4.78, 5) is 0. The van der Waals surface area contributed by atoms with Gasteiger partial charge in [-0.25, -0.2) is 0 Å². The second kappa shape index (κ2) is 19.4. The van der Waals surface area contributed by atoms with Crippen LogP contribution in [0.15, 0.2) is 0 Å². The summed E-state index contributed by atoms with van der Waals surface area (Å²) in [6.45, 7) is 4.63. The van der Waals surface area contributed by atoms with Crippen molar-refractivity contribution in [3.05, 3.63) is 0 Å². The summed E-state index contributed by atoms with van der Waals surface area (Å²) < 4.78 is 0. The van der Waals surface area contributed by atoms with Crippen LogP contribution in [0.1, 0.15) is 117 Å². The largest absolute Gasteiger partial charge is 0.107 e. The third-order valence-corrected chi connectivity index (χ3v) is 6.81. The Hall–Kier alpha value is 0.350. The van der Waals surface area contributed by atoms with Crippen LogP contribution in [0.25, 0.3) is 0 Å². The van der Waals surface area contributed by atoms with Crippen molar-refractivity contribution in [1.82, 2.24) is 0 Å². The predicted molar refractivity (Wildman–Crippen MR) is 108 cm³/mol. The van der Waals surface area contributed by atoms with E-state index in [9.17, 15) is 0 Å². The zero-order valence-electron chi connectivity index (χ0n) is 16.1. The van der Waals surface area contributed by atoms with Gasteiger partial charge in [0.1, 0.15) is 11.5 Å². The lowest BCUT2D eigenvalue weighted by molar-refractivity contribution is 0.531. The van der Waals surface area contributed by atoms with Crippen LogP contribution in [-0.4, -0.2) is 17.8 Å². The number of hydrogen-bond acceptors (Lipinski definition) is 0. The van der Waals surface area contributed by atoms with Crippen molar-refractivity contribution >= 4 is 10.9 Å². The average molecular weight is 330 g/mol. The molecule has 0 amide bonds. The molecule has 0 aliphatic heterocycles. The maximum Gasteiger partial charge on any atom is 0.107 e. The predicted octanol–water partition coefficient (Wildman–Crippen LogP) is 7.52. The SMILES string of the molecule is CCCCCCCCCCCCCCCCCC[S+](C)CC. The average Bonchev–Trinajstić information content (AvgIpc) is 2.54. The van der Waals surface area contributed by atoms with Crippen molar-refractivity contribution in [2.24, 2.45) is 0 Å². The lowest BCUT2D eigenvalue weighted by Crippen LogP contribution is -2.06. The highest BCUT2D eigenvalue weighted by Crippen LogP contribution is 2.13. The van der Waals surface area contributed by atoms with Gasteiger partial charge in [0, 0.05) is 0 Å². The van der Waals surface area contributed by atoms with Crippen molar-refractivity contribution in [2.45, 2.75) is 117 Å². The minimum Gasteiger partial charge on any atom is -0.0654 e. The molecule has 0 saturated carbocycles. The summed E-state index contributed by atoms with van der Waals surface area (Å²) in [5.74, 6) is 2.87. The van der Waals surface area contributed by atoms with Gasteiger partial charge in [0.15, 0.2) is 0 Å². The van der Waals surface area contributed by atoms with Crippen molar-refractivity contribution < 1.29 is 0 Å². The van der Waals surface area contributed by atoms with Gasteiger partial charge in [0.25, 0.3) is 0 Å². The van der Waals surface area contributed by atoms with Crippen LogP contribution in [-0.2, 0) is 10.9 Å². The zero-order valence-corrected chi connectivity index (χ0v) is 17.0. The quantitative estimate of drug-likeness (QED) is 0.180. The molecular formula is C21H45S+. The molecule has 0 spiro atoms. The highest BCUT2D eigenvalue weighted by molar-refractivity contribution is 7.96. The molecule has 0 bridgehead atoms. The first-order valence-electron chi connectivity index (χ1n) is 10.4. The monoisotopic (exact) mass is 329 g/mol. The second-order valence-corrected chi connectivity index (χ2v) is 9.63. The van der Waals surface area contributed by atoms with Gasteiger partial charge < -0.3 is 0 Å². The molecule has 22 heavy (non-hydrogen) atoms. The molecule has 0 rings (SSSR count). The Morgan fingerprint density at radius 3 is 1.09 bits per heavy atom. The molecule has 0 heterocycles. The van der Waals surface area contributed by atoms with Crippen molar-refractivity contribution in [2.75, 3.05) is 17.8 Å². The molecule has 0 fully saturated rings. The standard InChI is InChI=1S/C21H45S/c1-4-6-7-8-9-10-11-12-13-14-15-16-17-18-19-20-21-22(3)5-2/h4-21H2,1-3H3/q+1. The van der Waals surface area contributed by atoms with Crippen molar-refractivity contribution in [1.29, 1.82) is 0 Å². The fourth-order valence-corrected chi connectivity index (χ4v) is 4.03. The van der Waals surface area contributed by atoms with E-state index < -0.39 is 0 Å². The Balaban J connectivity index is 2.97. The minimum atomic E-state index is 0.706. The van der Waals surface area contributed by atoms with E-state index in [1.165, 1.54) is 114 Å². The molecular weight excluding hydrogens is 284 g/mol. The smallest absolute Gasteiger partial charge is 0.0654 e. The van der Waals surface area contributed by atoms with Crippen LogP contribution in [0.5, 0.6) is 0 Å². The van der Waals surface area contributed by atoms with Gasteiger partial charge >= 0.3 is 0 Å². The molecule has 0 aromatic rings. The van der Waals surface area contributed by atoms with E-state index in [4.69, 9.17) is 0 Å². The third-order valence-electron chi connectivity index (χ3n) is 4.84. The molecule has 0 aromatic carbocycles. The molecule has 0 aliphatic rings. The van der Waals surface area contributed by atoms with Crippen LogP contribution in [0.2, 0.25) is 0 Å². The third kappa shape index (κ3) is 18.4. The first-order chi connectivity index (χ1) is 10.8. The summed E-state index contributed by atoms with van der Waals surface area (Å²) >= 11 is 0. The topological polar surface area (TPSA) is 0 Å². The highest BCUT2D eigenvalue weighted by Gasteiger charge is 2.05. The van der Waals surface area contributed by atoms with E-state index in [1.54, 1.807) is 0 Å². The summed E-state index contributed by atoms with van der Waals surface area (Å²) in [7, 11) is 0.706. The number of unbranched alkanes of at least 4 members (excludes halogenated alkanes) is 15.